The van der Waals surface area contributed by atoms with Crippen molar-refractivity contribution in [1.29, 1.82) is 0 Å². The summed E-state index contributed by atoms with van der Waals surface area (Å²) in [5, 5.41) is 9.11. The van der Waals surface area contributed by atoms with Gasteiger partial charge in [-0.3, -0.25) is 0 Å². The summed E-state index contributed by atoms with van der Waals surface area (Å²) in [5.74, 6) is -0.889. The van der Waals surface area contributed by atoms with Gasteiger partial charge in [-0.25, -0.2) is 4.39 Å². The molecular weight excluding hydrogens is 217 g/mol. The van der Waals surface area contributed by atoms with Crippen LogP contribution in [0.5, 0.6) is 5.75 Å². The normalized spacial score (nSPS) is 10.2. The van der Waals surface area contributed by atoms with Gasteiger partial charge >= 0.3 is 0 Å². The zero-order valence-electron chi connectivity index (χ0n) is 9.60. The Balaban J connectivity index is 2.13. The molecule has 0 unspecified atom stereocenters. The summed E-state index contributed by atoms with van der Waals surface area (Å²) in [5.41, 5.74) is 1.90. The van der Waals surface area contributed by atoms with E-state index in [0.717, 1.165) is 11.3 Å². The first-order valence-corrected chi connectivity index (χ1v) is 5.40. The Hall–Kier alpha value is -2.03. The van der Waals surface area contributed by atoms with Crippen molar-refractivity contribution in [1.82, 2.24) is 0 Å². The SMILES string of the molecule is CN(Cc1ccc(O)c(F)c1)c1ccccc1. The molecule has 0 saturated heterocycles. The van der Waals surface area contributed by atoms with Gasteiger partial charge in [0.15, 0.2) is 11.6 Å². The average molecular weight is 231 g/mol. The van der Waals surface area contributed by atoms with Crippen LogP contribution in [0.3, 0.4) is 0 Å². The van der Waals surface area contributed by atoms with Gasteiger partial charge in [0.25, 0.3) is 0 Å². The number of rotatable bonds is 3. The predicted molar refractivity (Wildman–Crippen MR) is 66.6 cm³/mol. The highest BCUT2D eigenvalue weighted by Crippen LogP contribution is 2.19. The molecule has 0 heterocycles. The van der Waals surface area contributed by atoms with E-state index in [1.165, 1.54) is 12.1 Å². The molecule has 0 aliphatic heterocycles. The highest BCUT2D eigenvalue weighted by Gasteiger charge is 2.05. The van der Waals surface area contributed by atoms with E-state index in [1.54, 1.807) is 6.07 Å². The topological polar surface area (TPSA) is 23.5 Å². The average Bonchev–Trinajstić information content (AvgIpc) is 2.35. The second-order valence-corrected chi connectivity index (χ2v) is 3.98. The molecular formula is C14H14FNO. The third-order valence-corrected chi connectivity index (χ3v) is 2.63. The van der Waals surface area contributed by atoms with Crippen LogP contribution in [0.2, 0.25) is 0 Å². The van der Waals surface area contributed by atoms with E-state index in [2.05, 4.69) is 0 Å². The third kappa shape index (κ3) is 2.75. The lowest BCUT2D eigenvalue weighted by Gasteiger charge is -2.19. The Kier molecular flexibility index (Phi) is 3.28. The number of hydrogen-bond acceptors (Lipinski definition) is 2. The Morgan fingerprint density at radius 2 is 1.82 bits per heavy atom. The highest BCUT2D eigenvalue weighted by atomic mass is 19.1. The molecule has 1 N–H and O–H groups in total. The van der Waals surface area contributed by atoms with Crippen LogP contribution < -0.4 is 4.90 Å². The number of benzene rings is 2. The van der Waals surface area contributed by atoms with Crippen LogP contribution in [-0.4, -0.2) is 12.2 Å². The third-order valence-electron chi connectivity index (χ3n) is 2.63. The molecule has 0 radical (unpaired) electrons. The van der Waals surface area contributed by atoms with Crippen molar-refractivity contribution in [2.45, 2.75) is 6.54 Å². The molecule has 3 heteroatoms. The van der Waals surface area contributed by atoms with Crippen molar-refractivity contribution in [3.05, 3.63) is 59.9 Å². The number of phenolic OH excluding ortho intramolecular Hbond substituents is 1. The zero-order valence-corrected chi connectivity index (χ0v) is 9.60. The standard InChI is InChI=1S/C14H14FNO/c1-16(12-5-3-2-4-6-12)10-11-7-8-14(17)13(15)9-11/h2-9,17H,10H2,1H3. The minimum Gasteiger partial charge on any atom is -0.505 e. The number of anilines is 1. The molecule has 0 amide bonds. The lowest BCUT2D eigenvalue weighted by Crippen LogP contribution is -2.16. The predicted octanol–water partition coefficient (Wildman–Crippen LogP) is 3.17. The van der Waals surface area contributed by atoms with Crippen molar-refractivity contribution < 1.29 is 9.50 Å². The number of aromatic hydroxyl groups is 1. The molecule has 17 heavy (non-hydrogen) atoms. The number of halogens is 1. The molecule has 0 atom stereocenters. The van der Waals surface area contributed by atoms with Gasteiger partial charge in [-0.05, 0) is 29.8 Å². The van der Waals surface area contributed by atoms with Crippen LogP contribution in [0.4, 0.5) is 10.1 Å². The molecule has 0 spiro atoms. The highest BCUT2D eigenvalue weighted by molar-refractivity contribution is 5.46. The van der Waals surface area contributed by atoms with E-state index in [9.17, 15) is 4.39 Å². The smallest absolute Gasteiger partial charge is 0.165 e. The molecule has 0 fully saturated rings. The molecule has 2 nitrogen and oxygen atoms in total. The first-order chi connectivity index (χ1) is 8.16. The summed E-state index contributed by atoms with van der Waals surface area (Å²) in [4.78, 5) is 2.02. The fraction of sp³-hybridized carbons (Fsp3) is 0.143. The minimum atomic E-state index is -0.580. The maximum absolute atomic E-state index is 13.2. The Labute approximate surface area is 99.9 Å². The first kappa shape index (κ1) is 11.5. The van der Waals surface area contributed by atoms with Crippen LogP contribution in [-0.2, 0) is 6.54 Å². The van der Waals surface area contributed by atoms with Gasteiger partial charge in [0.2, 0.25) is 0 Å². The number of phenols is 1. The molecule has 0 aliphatic carbocycles. The first-order valence-electron chi connectivity index (χ1n) is 5.40. The fourth-order valence-electron chi connectivity index (χ4n) is 1.70. The van der Waals surface area contributed by atoms with Gasteiger partial charge in [-0.2, -0.15) is 0 Å². The monoisotopic (exact) mass is 231 g/mol. The largest absolute Gasteiger partial charge is 0.505 e. The Morgan fingerprint density at radius 1 is 1.12 bits per heavy atom. The van der Waals surface area contributed by atoms with Crippen LogP contribution >= 0.6 is 0 Å². The van der Waals surface area contributed by atoms with Gasteiger partial charge in [0, 0.05) is 19.3 Å². The van der Waals surface area contributed by atoms with Gasteiger partial charge in [-0.15, -0.1) is 0 Å². The lowest BCUT2D eigenvalue weighted by molar-refractivity contribution is 0.432. The fourth-order valence-corrected chi connectivity index (χ4v) is 1.70. The quantitative estimate of drug-likeness (QED) is 0.877. The number of nitrogens with zero attached hydrogens (tertiary/aromatic N) is 1. The molecule has 0 aromatic heterocycles. The van der Waals surface area contributed by atoms with Crippen molar-refractivity contribution in [3.63, 3.8) is 0 Å². The van der Waals surface area contributed by atoms with E-state index < -0.39 is 5.82 Å². The van der Waals surface area contributed by atoms with Crippen LogP contribution in [0.25, 0.3) is 0 Å². The maximum Gasteiger partial charge on any atom is 0.165 e. The van der Waals surface area contributed by atoms with Crippen molar-refractivity contribution in [2.75, 3.05) is 11.9 Å². The van der Waals surface area contributed by atoms with E-state index in [-0.39, 0.29) is 5.75 Å². The van der Waals surface area contributed by atoms with Gasteiger partial charge in [0.05, 0.1) is 0 Å². The lowest BCUT2D eigenvalue weighted by atomic mass is 10.2. The van der Waals surface area contributed by atoms with Crippen molar-refractivity contribution >= 4 is 5.69 Å². The Morgan fingerprint density at radius 3 is 2.47 bits per heavy atom. The zero-order chi connectivity index (χ0) is 12.3. The van der Waals surface area contributed by atoms with Crippen molar-refractivity contribution in [3.8, 4) is 5.75 Å². The summed E-state index contributed by atoms with van der Waals surface area (Å²) in [7, 11) is 1.94. The molecule has 2 aromatic carbocycles. The summed E-state index contributed by atoms with van der Waals surface area (Å²) in [6.07, 6.45) is 0. The number of hydrogen-bond donors (Lipinski definition) is 1. The number of para-hydroxylation sites is 1. The van der Waals surface area contributed by atoms with Crippen LogP contribution in [0.1, 0.15) is 5.56 Å². The van der Waals surface area contributed by atoms with Gasteiger partial charge in [0.1, 0.15) is 0 Å². The molecule has 0 saturated carbocycles. The molecule has 88 valence electrons. The molecule has 0 bridgehead atoms. The summed E-state index contributed by atoms with van der Waals surface area (Å²) in [6.45, 7) is 0.598. The molecule has 2 rings (SSSR count). The van der Waals surface area contributed by atoms with E-state index in [1.807, 2.05) is 42.3 Å². The second-order valence-electron chi connectivity index (χ2n) is 3.98. The summed E-state index contributed by atoms with van der Waals surface area (Å²) < 4.78 is 13.2. The van der Waals surface area contributed by atoms with Gasteiger partial charge < -0.3 is 10.0 Å². The van der Waals surface area contributed by atoms with Crippen LogP contribution in [0, 0.1) is 5.82 Å². The van der Waals surface area contributed by atoms with Gasteiger partial charge in [-0.1, -0.05) is 24.3 Å². The molecule has 0 aliphatic rings. The Bertz CT molecular complexity index is 499. The van der Waals surface area contributed by atoms with E-state index in [4.69, 9.17) is 5.11 Å². The minimum absolute atomic E-state index is 0.309. The van der Waals surface area contributed by atoms with E-state index >= 15 is 0 Å². The maximum atomic E-state index is 13.2. The van der Waals surface area contributed by atoms with E-state index in [0.29, 0.717) is 6.54 Å². The van der Waals surface area contributed by atoms with Crippen molar-refractivity contribution in [2.24, 2.45) is 0 Å². The van der Waals surface area contributed by atoms with Crippen LogP contribution in [0.15, 0.2) is 48.5 Å². The summed E-state index contributed by atoms with van der Waals surface area (Å²) >= 11 is 0. The molecule has 2 aromatic rings. The second kappa shape index (κ2) is 4.87. The summed E-state index contributed by atoms with van der Waals surface area (Å²) in [6, 6.07) is 14.3.